The summed E-state index contributed by atoms with van der Waals surface area (Å²) in [6.07, 6.45) is -3.03. The van der Waals surface area contributed by atoms with E-state index in [0.29, 0.717) is 5.56 Å². The van der Waals surface area contributed by atoms with E-state index < -0.39 is 79.5 Å². The van der Waals surface area contributed by atoms with Gasteiger partial charge >= 0.3 is 17.9 Å². The average molecular weight is 905 g/mol. The Bertz CT molecular complexity index is 2140. The van der Waals surface area contributed by atoms with Gasteiger partial charge in [-0.2, -0.15) is 0 Å². The number of carbonyl (C=O) groups is 3. The molecule has 0 radical (unpaired) electrons. The number of hydrogen-bond acceptors (Lipinski definition) is 14. The summed E-state index contributed by atoms with van der Waals surface area (Å²) in [6.45, 7) is 9.43. The number of benzene rings is 4. The van der Waals surface area contributed by atoms with E-state index in [2.05, 4.69) is 48.5 Å². The molecular formula is C49H60O12S2. The molecule has 12 nitrogen and oxygen atoms in total. The smallest absolute Gasteiger partial charge is 0.303 e. The third kappa shape index (κ3) is 13.2. The van der Waals surface area contributed by atoms with E-state index in [4.69, 9.17) is 23.7 Å². The molecule has 6 rings (SSSR count). The fourth-order valence-electron chi connectivity index (χ4n) is 7.84. The van der Waals surface area contributed by atoms with Crippen LogP contribution in [0.3, 0.4) is 0 Å². The number of aliphatic hydroxyl groups excluding tert-OH is 4. The molecule has 0 spiro atoms. The predicted octanol–water partition coefficient (Wildman–Crippen LogP) is 6.63. The first-order valence-electron chi connectivity index (χ1n) is 20.9. The molecule has 4 aromatic rings. The maximum absolute atomic E-state index is 12.0. The summed E-state index contributed by atoms with van der Waals surface area (Å²) < 4.78 is 28.6. The van der Waals surface area contributed by atoms with Crippen molar-refractivity contribution >= 4 is 41.4 Å². The zero-order chi connectivity index (χ0) is 46.0. The zero-order valence-electron chi connectivity index (χ0n) is 37.1. The molecule has 4 N–H and O–H groups in total. The van der Waals surface area contributed by atoms with Crippen LogP contribution in [-0.4, -0.2) is 107 Å². The summed E-state index contributed by atoms with van der Waals surface area (Å²) in [4.78, 5) is 37.9. The van der Waals surface area contributed by atoms with Crippen LogP contribution >= 0.6 is 23.5 Å². The van der Waals surface area contributed by atoms with E-state index >= 15 is 0 Å². The quantitative estimate of drug-likeness (QED) is 0.0638. The second-order valence-electron chi connectivity index (χ2n) is 16.1. The lowest BCUT2D eigenvalue weighted by molar-refractivity contribution is -0.232. The molecule has 2 heterocycles. The second-order valence-corrected chi connectivity index (χ2v) is 17.8. The molecule has 10 atom stereocenters. The van der Waals surface area contributed by atoms with Crippen molar-refractivity contribution in [2.75, 3.05) is 25.7 Å². The van der Waals surface area contributed by atoms with Crippen LogP contribution in [-0.2, 0) is 50.9 Å². The van der Waals surface area contributed by atoms with Crippen molar-refractivity contribution in [1.82, 2.24) is 0 Å². The Morgan fingerprint density at radius 2 is 1.06 bits per heavy atom. The molecule has 14 heteroatoms. The van der Waals surface area contributed by atoms with Crippen LogP contribution in [0.25, 0.3) is 0 Å². The molecule has 2 aliphatic heterocycles. The van der Waals surface area contributed by atoms with Gasteiger partial charge in [0.05, 0.1) is 12.7 Å². The van der Waals surface area contributed by atoms with Crippen LogP contribution in [0.15, 0.2) is 94.7 Å². The van der Waals surface area contributed by atoms with Crippen LogP contribution in [0.5, 0.6) is 0 Å². The molecule has 0 saturated carbocycles. The molecule has 0 aliphatic carbocycles. The second kappa shape index (κ2) is 23.1. The van der Waals surface area contributed by atoms with Gasteiger partial charge in [-0.1, -0.05) is 67.6 Å². The lowest BCUT2D eigenvalue weighted by Gasteiger charge is -2.44. The number of rotatable bonds is 13. The monoisotopic (exact) mass is 904 g/mol. The van der Waals surface area contributed by atoms with Crippen molar-refractivity contribution in [1.29, 1.82) is 0 Å². The molecule has 0 unspecified atom stereocenters. The molecule has 0 bridgehead atoms. The van der Waals surface area contributed by atoms with E-state index in [-0.39, 0.29) is 12.5 Å². The Morgan fingerprint density at radius 1 is 0.603 bits per heavy atom. The molecule has 0 aromatic heterocycles. The van der Waals surface area contributed by atoms with Crippen LogP contribution in [0.4, 0.5) is 0 Å². The van der Waals surface area contributed by atoms with Crippen molar-refractivity contribution < 1.29 is 58.5 Å². The first-order chi connectivity index (χ1) is 30.0. The number of thioether (sulfide) groups is 2. The Labute approximate surface area is 378 Å². The minimum absolute atomic E-state index is 0.00192. The summed E-state index contributed by atoms with van der Waals surface area (Å²) in [6, 6.07) is 28.6. The van der Waals surface area contributed by atoms with Crippen molar-refractivity contribution in [3.05, 3.63) is 129 Å². The maximum atomic E-state index is 12.0. The topological polar surface area (TPSA) is 178 Å². The van der Waals surface area contributed by atoms with E-state index in [1.54, 1.807) is 23.5 Å². The van der Waals surface area contributed by atoms with Crippen molar-refractivity contribution in [2.24, 2.45) is 5.92 Å². The first kappa shape index (κ1) is 49.8. The van der Waals surface area contributed by atoms with E-state index in [1.807, 2.05) is 69.7 Å². The van der Waals surface area contributed by atoms with E-state index in [9.17, 15) is 34.8 Å². The lowest BCUT2D eigenvalue weighted by atomic mass is 9.84. The molecule has 0 amide bonds. The molecule has 2 saturated heterocycles. The highest BCUT2D eigenvalue weighted by molar-refractivity contribution is 7.98. The first-order valence-corrected chi connectivity index (χ1v) is 23.4. The van der Waals surface area contributed by atoms with Crippen molar-refractivity contribution in [3.8, 4) is 0 Å². The van der Waals surface area contributed by atoms with Gasteiger partial charge in [0.2, 0.25) is 0 Å². The van der Waals surface area contributed by atoms with Crippen LogP contribution in [0, 0.1) is 19.8 Å². The highest BCUT2D eigenvalue weighted by Gasteiger charge is 2.49. The number of aliphatic hydroxyl groups is 4. The van der Waals surface area contributed by atoms with E-state index in [0.717, 1.165) is 40.7 Å². The van der Waals surface area contributed by atoms with Crippen LogP contribution in [0.2, 0.25) is 0 Å². The van der Waals surface area contributed by atoms with Gasteiger partial charge < -0.3 is 44.1 Å². The molecule has 340 valence electrons. The van der Waals surface area contributed by atoms with Gasteiger partial charge in [-0.25, -0.2) is 0 Å². The fourth-order valence-corrected chi connectivity index (χ4v) is 8.66. The summed E-state index contributed by atoms with van der Waals surface area (Å²) in [7, 11) is 0. The molecule has 4 aromatic carbocycles. The van der Waals surface area contributed by atoms with Crippen LogP contribution in [0.1, 0.15) is 84.4 Å². The van der Waals surface area contributed by atoms with Gasteiger partial charge in [0.15, 0.2) is 6.10 Å². The summed E-state index contributed by atoms with van der Waals surface area (Å²) >= 11 is 3.40. The summed E-state index contributed by atoms with van der Waals surface area (Å²) in [5.41, 5.74) is 8.31. The third-order valence-corrected chi connectivity index (χ3v) is 13.0. The van der Waals surface area contributed by atoms with Crippen LogP contribution < -0.4 is 0 Å². The average Bonchev–Trinajstić information content (AvgIpc) is 3.26. The molecule has 2 fully saturated rings. The van der Waals surface area contributed by atoms with Gasteiger partial charge in [-0.3, -0.25) is 14.4 Å². The normalized spacial score (nSPS) is 25.6. The Kier molecular flexibility index (Phi) is 18.2. The fraction of sp³-hybridized carbons (Fsp3) is 0.449. The number of aryl methyl sites for hydroxylation is 2. The number of carbonyl (C=O) groups excluding carboxylic acids is 3. The lowest BCUT2D eigenvalue weighted by Crippen LogP contribution is -2.55. The maximum Gasteiger partial charge on any atom is 0.303 e. The Balaban J connectivity index is 0.000000247. The van der Waals surface area contributed by atoms with E-state index in [1.165, 1.54) is 41.7 Å². The van der Waals surface area contributed by atoms with Gasteiger partial charge in [0.25, 0.3) is 0 Å². The number of esters is 3. The minimum Gasteiger partial charge on any atom is -0.463 e. The minimum atomic E-state index is -1.37. The van der Waals surface area contributed by atoms with Gasteiger partial charge in [-0.05, 0) is 108 Å². The zero-order valence-corrected chi connectivity index (χ0v) is 38.7. The Morgan fingerprint density at radius 3 is 1.51 bits per heavy atom. The van der Waals surface area contributed by atoms with Crippen molar-refractivity contribution in [3.63, 3.8) is 0 Å². The molecule has 63 heavy (non-hydrogen) atoms. The SMILES string of the molecule is CSc1ccc(Cc2cc([C@@H]3O[C@H](CO)[C@@H](O)[C@H](O)[C@H]3O)ccc2C)cc1.CSc1ccc(Cc2cc([C@@H]3O[C@H](COC(C)=O)[C@@H](C)[C@H](OC(C)=O)[C@H]3OC(C)=O)ccc2C)cc1. The summed E-state index contributed by atoms with van der Waals surface area (Å²) in [5, 5.41) is 39.8. The molecular weight excluding hydrogens is 845 g/mol. The number of hydrogen-bond donors (Lipinski definition) is 4. The predicted molar refractivity (Wildman–Crippen MR) is 242 cm³/mol. The van der Waals surface area contributed by atoms with Gasteiger partial charge in [0.1, 0.15) is 49.3 Å². The van der Waals surface area contributed by atoms with Gasteiger partial charge in [-0.15, -0.1) is 23.5 Å². The molecule has 2 aliphatic rings. The van der Waals surface area contributed by atoms with Crippen molar-refractivity contribution in [2.45, 2.75) is 119 Å². The highest BCUT2D eigenvalue weighted by atomic mass is 32.2. The van der Waals surface area contributed by atoms with Gasteiger partial charge in [0, 0.05) is 36.5 Å². The highest BCUT2D eigenvalue weighted by Crippen LogP contribution is 2.40. The largest absolute Gasteiger partial charge is 0.463 e. The Hall–Kier alpha value is -4.25. The number of ether oxygens (including phenoxy) is 5. The third-order valence-electron chi connectivity index (χ3n) is 11.5. The standard InChI is InChI=1S/C28H34O7S.C21H26O5S/c1-16-7-10-22(14-23(16)13-21-8-11-24(36-6)12-9-21)27-28(34-20(5)31)26(33-19(4)30)17(2)25(35-27)15-32-18(3)29;1-12-3-6-14(21-20(25)19(24)18(23)17(11-22)26-21)10-15(12)9-13-4-7-16(27-2)8-5-13/h7-12,14,17,25-28H,13,15H2,1-6H3;3-8,10,17-25H,9,11H2,1-2H3/t17-,25-,26+,27+,28-;17-,18-,19+,20-,21+/m11/s1. The summed E-state index contributed by atoms with van der Waals surface area (Å²) in [5.74, 6) is -1.81.